The summed E-state index contributed by atoms with van der Waals surface area (Å²) in [7, 11) is 1.40. The molecule has 0 aromatic rings. The predicted molar refractivity (Wildman–Crippen MR) is 107 cm³/mol. The van der Waals surface area contributed by atoms with E-state index in [1.54, 1.807) is 0 Å². The number of methoxy groups -OCH3 is 1. The molecule has 0 aromatic carbocycles. The highest BCUT2D eigenvalue weighted by Crippen LogP contribution is 2.25. The summed E-state index contributed by atoms with van der Waals surface area (Å²) < 4.78 is 16.9. The number of ether oxygens (including phenoxy) is 3. The summed E-state index contributed by atoms with van der Waals surface area (Å²) in [6.07, 6.45) is 11.9. The average Bonchev–Trinajstić information content (AvgIpc) is 2.68. The van der Waals surface area contributed by atoms with Crippen molar-refractivity contribution in [1.29, 1.82) is 0 Å². The third-order valence-electron chi connectivity index (χ3n) is 5.45. The minimum atomic E-state index is -0.728. The zero-order valence-electron chi connectivity index (χ0n) is 17.8. The molecule has 0 aromatic heterocycles. The molecule has 0 bridgehead atoms. The predicted octanol–water partition coefficient (Wildman–Crippen LogP) is 4.99. The highest BCUT2D eigenvalue weighted by atomic mass is 16.7. The van der Waals surface area contributed by atoms with Crippen molar-refractivity contribution in [3.63, 3.8) is 0 Å². The lowest BCUT2D eigenvalue weighted by Crippen LogP contribution is -2.35. The Morgan fingerprint density at radius 3 is 2.41 bits per heavy atom. The molecule has 1 aliphatic rings. The molecule has 1 fully saturated rings. The van der Waals surface area contributed by atoms with Gasteiger partial charge >= 0.3 is 5.97 Å². The molecule has 0 aliphatic carbocycles. The van der Waals surface area contributed by atoms with Gasteiger partial charge in [-0.15, -0.1) is 0 Å². The van der Waals surface area contributed by atoms with Crippen LogP contribution in [0.4, 0.5) is 0 Å². The number of carbonyl (C=O) groups is 1. The van der Waals surface area contributed by atoms with Crippen molar-refractivity contribution in [2.75, 3.05) is 13.7 Å². The lowest BCUT2D eigenvalue weighted by atomic mass is 9.90. The number of hydrogen-bond acceptors (Lipinski definition) is 5. The van der Waals surface area contributed by atoms with Crippen LogP contribution in [0.1, 0.15) is 97.3 Å². The van der Waals surface area contributed by atoms with Crippen LogP contribution < -0.4 is 0 Å². The second-order valence-corrected chi connectivity index (χ2v) is 7.83. The molecule has 0 spiro atoms. The maximum absolute atomic E-state index is 12.2. The Hall–Kier alpha value is -0.650. The maximum Gasteiger partial charge on any atom is 0.311 e. The van der Waals surface area contributed by atoms with Gasteiger partial charge in [-0.25, -0.2) is 0 Å². The lowest BCUT2D eigenvalue weighted by Gasteiger charge is -2.30. The molecule has 4 atom stereocenters. The molecule has 27 heavy (non-hydrogen) atoms. The van der Waals surface area contributed by atoms with E-state index in [0.29, 0.717) is 12.8 Å². The minimum Gasteiger partial charge on any atom is -0.469 e. The quantitative estimate of drug-likeness (QED) is 0.317. The second kappa shape index (κ2) is 15.3. The van der Waals surface area contributed by atoms with E-state index in [2.05, 4.69) is 13.8 Å². The van der Waals surface area contributed by atoms with E-state index < -0.39 is 12.0 Å². The fourth-order valence-electron chi connectivity index (χ4n) is 3.74. The van der Waals surface area contributed by atoms with Gasteiger partial charge in [-0.1, -0.05) is 58.8 Å². The lowest BCUT2D eigenvalue weighted by molar-refractivity contribution is -0.196. The molecule has 1 N–H and O–H groups in total. The third-order valence-corrected chi connectivity index (χ3v) is 5.45. The molecule has 0 saturated carbocycles. The first kappa shape index (κ1) is 24.4. The van der Waals surface area contributed by atoms with Crippen LogP contribution in [0, 0.1) is 5.92 Å². The van der Waals surface area contributed by atoms with E-state index in [0.717, 1.165) is 77.2 Å². The van der Waals surface area contributed by atoms with Crippen LogP contribution in [0.3, 0.4) is 0 Å². The Bertz CT molecular complexity index is 368. The summed E-state index contributed by atoms with van der Waals surface area (Å²) in [5, 5.41) is 10.8. The Balaban J connectivity index is 2.60. The molecular weight excluding hydrogens is 344 g/mol. The fourth-order valence-corrected chi connectivity index (χ4v) is 3.74. The third kappa shape index (κ3) is 10.5. The van der Waals surface area contributed by atoms with Crippen LogP contribution in [0.5, 0.6) is 0 Å². The number of carbonyl (C=O) groups excluding carboxylic acids is 1. The van der Waals surface area contributed by atoms with Crippen molar-refractivity contribution in [2.45, 2.75) is 116 Å². The van der Waals surface area contributed by atoms with E-state index in [4.69, 9.17) is 14.2 Å². The van der Waals surface area contributed by atoms with E-state index in [9.17, 15) is 9.90 Å². The van der Waals surface area contributed by atoms with Gasteiger partial charge in [-0.3, -0.25) is 4.79 Å². The Morgan fingerprint density at radius 2 is 1.78 bits per heavy atom. The first-order valence-corrected chi connectivity index (χ1v) is 11.1. The highest BCUT2D eigenvalue weighted by molar-refractivity contribution is 5.72. The van der Waals surface area contributed by atoms with Gasteiger partial charge in [0.05, 0.1) is 25.2 Å². The first-order chi connectivity index (χ1) is 13.1. The van der Waals surface area contributed by atoms with E-state index in [1.807, 2.05) is 0 Å². The molecule has 1 rings (SSSR count). The molecular formula is C22H42O5. The monoisotopic (exact) mass is 386 g/mol. The van der Waals surface area contributed by atoms with Crippen LogP contribution in [0.2, 0.25) is 0 Å². The standard InChI is InChI=1S/C22H42O5/c1-4-6-8-10-14-19(22(24)25-3)20(23)17-18(13-9-7-5-2)27-21-15-11-12-16-26-21/h18-21,23H,4-17H2,1-3H3/t18-,19-,20-,21?/m0/s1. The van der Waals surface area contributed by atoms with Gasteiger partial charge in [0.1, 0.15) is 0 Å². The van der Waals surface area contributed by atoms with Crippen LogP contribution >= 0.6 is 0 Å². The second-order valence-electron chi connectivity index (χ2n) is 7.83. The van der Waals surface area contributed by atoms with Crippen LogP contribution in [-0.2, 0) is 19.0 Å². The summed E-state index contributed by atoms with van der Waals surface area (Å²) >= 11 is 0. The Labute approximate surface area is 166 Å². The topological polar surface area (TPSA) is 65.0 Å². The fraction of sp³-hybridized carbons (Fsp3) is 0.955. The largest absolute Gasteiger partial charge is 0.469 e. The molecule has 160 valence electrons. The van der Waals surface area contributed by atoms with Crippen molar-refractivity contribution in [1.82, 2.24) is 0 Å². The maximum atomic E-state index is 12.2. The van der Waals surface area contributed by atoms with Crippen LogP contribution in [0.15, 0.2) is 0 Å². The van der Waals surface area contributed by atoms with E-state index in [-0.39, 0.29) is 18.4 Å². The SMILES string of the molecule is CCCCCC[C@H](C(=O)OC)[C@@H](O)C[C@H](CCCCC)OC1CCCCO1. The van der Waals surface area contributed by atoms with Gasteiger partial charge < -0.3 is 19.3 Å². The molecule has 1 aliphatic heterocycles. The van der Waals surface area contributed by atoms with Crippen molar-refractivity contribution < 1.29 is 24.1 Å². The van der Waals surface area contributed by atoms with Gasteiger partial charge in [-0.05, 0) is 32.1 Å². The number of unbranched alkanes of at least 4 members (excludes halogenated alkanes) is 5. The average molecular weight is 387 g/mol. The number of aliphatic hydroxyl groups excluding tert-OH is 1. The van der Waals surface area contributed by atoms with Crippen molar-refractivity contribution in [2.24, 2.45) is 5.92 Å². The molecule has 1 unspecified atom stereocenters. The van der Waals surface area contributed by atoms with Crippen molar-refractivity contribution in [3.05, 3.63) is 0 Å². The summed E-state index contributed by atoms with van der Waals surface area (Å²) in [5.41, 5.74) is 0. The molecule has 1 saturated heterocycles. The molecule has 5 nitrogen and oxygen atoms in total. The smallest absolute Gasteiger partial charge is 0.311 e. The van der Waals surface area contributed by atoms with Crippen molar-refractivity contribution >= 4 is 5.97 Å². The van der Waals surface area contributed by atoms with Gasteiger partial charge in [0.2, 0.25) is 0 Å². The van der Waals surface area contributed by atoms with Gasteiger partial charge in [0.25, 0.3) is 0 Å². The van der Waals surface area contributed by atoms with Crippen molar-refractivity contribution in [3.8, 4) is 0 Å². The normalized spacial score (nSPS) is 20.8. The summed E-state index contributed by atoms with van der Waals surface area (Å²) in [4.78, 5) is 12.2. The highest BCUT2D eigenvalue weighted by Gasteiger charge is 2.31. The van der Waals surface area contributed by atoms with Gasteiger partial charge in [0.15, 0.2) is 6.29 Å². The molecule has 0 amide bonds. The Kier molecular flexibility index (Phi) is 13.8. The number of rotatable bonds is 15. The summed E-state index contributed by atoms with van der Waals surface area (Å²) in [6.45, 7) is 5.09. The summed E-state index contributed by atoms with van der Waals surface area (Å²) in [6, 6.07) is 0. The zero-order chi connectivity index (χ0) is 19.9. The summed E-state index contributed by atoms with van der Waals surface area (Å²) in [5.74, 6) is -0.767. The first-order valence-electron chi connectivity index (χ1n) is 11.1. The minimum absolute atomic E-state index is 0.0718. The van der Waals surface area contributed by atoms with Gasteiger partial charge in [0, 0.05) is 13.0 Å². The van der Waals surface area contributed by atoms with Crippen LogP contribution in [0.25, 0.3) is 0 Å². The molecule has 1 heterocycles. The molecule has 0 radical (unpaired) electrons. The van der Waals surface area contributed by atoms with E-state index >= 15 is 0 Å². The van der Waals surface area contributed by atoms with E-state index in [1.165, 1.54) is 7.11 Å². The van der Waals surface area contributed by atoms with Gasteiger partial charge in [-0.2, -0.15) is 0 Å². The molecule has 5 heteroatoms. The number of hydrogen-bond donors (Lipinski definition) is 1. The zero-order valence-corrected chi connectivity index (χ0v) is 17.8. The van der Waals surface area contributed by atoms with Crippen LogP contribution in [-0.4, -0.2) is 43.3 Å². The number of aliphatic hydroxyl groups is 1. The Morgan fingerprint density at radius 1 is 1.07 bits per heavy atom. The number of esters is 1.